The molecule has 1 aromatic heterocycles. The van der Waals surface area contributed by atoms with Crippen molar-refractivity contribution in [2.24, 2.45) is 17.8 Å². The Bertz CT molecular complexity index is 1020. The Labute approximate surface area is 179 Å². The summed E-state index contributed by atoms with van der Waals surface area (Å²) in [6.07, 6.45) is 4.75. The molecule has 2 aliphatic carbocycles. The minimum atomic E-state index is -0.887. The highest BCUT2D eigenvalue weighted by molar-refractivity contribution is 5.93. The number of aromatic nitrogens is 2. The number of rotatable bonds is 8. The summed E-state index contributed by atoms with van der Waals surface area (Å²) in [5.74, 6) is -0.947. The summed E-state index contributed by atoms with van der Waals surface area (Å²) in [7, 11) is 1.32. The lowest BCUT2D eigenvalue weighted by Crippen LogP contribution is -2.38. The van der Waals surface area contributed by atoms with Crippen LogP contribution in [0.15, 0.2) is 30.6 Å². The SMILES string of the molecule is C=C(CCC(=O)OC)C(=O)N[C@H](CC)C1[C@H]2CC(n3cnc4cc(F)c(F)cc43)C[C@@H]12. The molecule has 2 saturated carbocycles. The molecule has 1 amide bonds. The number of imidazole rings is 1. The molecule has 1 N–H and O–H groups in total. The molecule has 166 valence electrons. The molecule has 6 nitrogen and oxygen atoms in total. The Balaban J connectivity index is 1.35. The van der Waals surface area contributed by atoms with E-state index < -0.39 is 11.6 Å². The van der Waals surface area contributed by atoms with Gasteiger partial charge in [-0.1, -0.05) is 13.5 Å². The average Bonchev–Trinajstić information content (AvgIpc) is 3.07. The normalized spacial score (nSPS) is 25.2. The monoisotopic (exact) mass is 431 g/mol. The maximum absolute atomic E-state index is 13.7. The third kappa shape index (κ3) is 4.07. The number of hydrogen-bond acceptors (Lipinski definition) is 4. The first-order valence-corrected chi connectivity index (χ1v) is 10.7. The molecule has 0 bridgehead atoms. The van der Waals surface area contributed by atoms with Gasteiger partial charge in [0.1, 0.15) is 0 Å². The summed E-state index contributed by atoms with van der Waals surface area (Å²) in [4.78, 5) is 28.0. The zero-order valence-electron chi connectivity index (χ0n) is 17.7. The molecule has 8 heteroatoms. The molecular formula is C23H27F2N3O3. The number of hydrogen-bond donors (Lipinski definition) is 1. The Hall–Kier alpha value is -2.77. The molecule has 31 heavy (non-hydrogen) atoms. The van der Waals surface area contributed by atoms with Crippen molar-refractivity contribution in [1.82, 2.24) is 14.9 Å². The molecule has 5 atom stereocenters. The van der Waals surface area contributed by atoms with Gasteiger partial charge >= 0.3 is 5.97 Å². The number of nitrogens with one attached hydrogen (secondary N) is 1. The van der Waals surface area contributed by atoms with Gasteiger partial charge in [0.05, 0.1) is 24.5 Å². The van der Waals surface area contributed by atoms with Crippen molar-refractivity contribution in [2.45, 2.75) is 51.1 Å². The van der Waals surface area contributed by atoms with Crippen LogP contribution in [0.4, 0.5) is 8.78 Å². The van der Waals surface area contributed by atoms with Crippen molar-refractivity contribution >= 4 is 22.9 Å². The molecule has 0 saturated heterocycles. The van der Waals surface area contributed by atoms with Gasteiger partial charge in [0, 0.05) is 36.2 Å². The quantitative estimate of drug-likeness (QED) is 0.508. The zero-order valence-corrected chi connectivity index (χ0v) is 17.7. The van der Waals surface area contributed by atoms with Gasteiger partial charge in [-0.05, 0) is 43.4 Å². The Morgan fingerprint density at radius 3 is 2.58 bits per heavy atom. The van der Waals surface area contributed by atoms with Crippen LogP contribution in [0.5, 0.6) is 0 Å². The van der Waals surface area contributed by atoms with Crippen LogP contribution in [0.25, 0.3) is 11.0 Å². The van der Waals surface area contributed by atoms with Crippen LogP contribution >= 0.6 is 0 Å². The lowest BCUT2D eigenvalue weighted by Gasteiger charge is -2.23. The summed E-state index contributed by atoms with van der Waals surface area (Å²) in [6, 6.07) is 2.61. The average molecular weight is 431 g/mol. The fraction of sp³-hybridized carbons (Fsp3) is 0.522. The fourth-order valence-corrected chi connectivity index (χ4v) is 5.21. The van der Waals surface area contributed by atoms with Gasteiger partial charge in [-0.15, -0.1) is 0 Å². The molecule has 4 rings (SSSR count). The van der Waals surface area contributed by atoms with Crippen molar-refractivity contribution < 1.29 is 23.1 Å². The van der Waals surface area contributed by atoms with Crippen LogP contribution in [0.1, 0.15) is 45.1 Å². The van der Waals surface area contributed by atoms with Gasteiger partial charge in [0.2, 0.25) is 5.91 Å². The number of methoxy groups -OCH3 is 1. The molecule has 2 aromatic rings. The highest BCUT2D eigenvalue weighted by atomic mass is 19.2. The fourth-order valence-electron chi connectivity index (χ4n) is 5.21. The van der Waals surface area contributed by atoms with Gasteiger partial charge in [0.25, 0.3) is 0 Å². The first-order valence-electron chi connectivity index (χ1n) is 10.7. The second-order valence-corrected chi connectivity index (χ2v) is 8.61. The van der Waals surface area contributed by atoms with Crippen LogP contribution in [-0.4, -0.2) is 34.6 Å². The van der Waals surface area contributed by atoms with Gasteiger partial charge in [-0.3, -0.25) is 9.59 Å². The van der Waals surface area contributed by atoms with Crippen molar-refractivity contribution in [1.29, 1.82) is 0 Å². The summed E-state index contributed by atoms with van der Waals surface area (Å²) in [5, 5.41) is 3.09. The second kappa shape index (κ2) is 8.40. The predicted octanol–water partition coefficient (Wildman–Crippen LogP) is 3.92. The Kier molecular flexibility index (Phi) is 5.81. The number of esters is 1. The van der Waals surface area contributed by atoms with Gasteiger partial charge in [-0.25, -0.2) is 13.8 Å². The van der Waals surface area contributed by atoms with Crippen molar-refractivity contribution in [3.05, 3.63) is 42.2 Å². The summed E-state index contributed by atoms with van der Waals surface area (Å²) >= 11 is 0. The number of ether oxygens (including phenoxy) is 1. The Morgan fingerprint density at radius 2 is 1.94 bits per heavy atom. The van der Waals surface area contributed by atoms with Crippen LogP contribution in [0.3, 0.4) is 0 Å². The van der Waals surface area contributed by atoms with E-state index in [-0.39, 0.29) is 36.8 Å². The third-order valence-corrected chi connectivity index (χ3v) is 6.90. The molecule has 2 aliphatic rings. The van der Waals surface area contributed by atoms with E-state index in [2.05, 4.69) is 21.6 Å². The number of carbonyl (C=O) groups is 2. The van der Waals surface area contributed by atoms with E-state index in [0.717, 1.165) is 25.3 Å². The highest BCUT2D eigenvalue weighted by Gasteiger charge is 2.59. The zero-order chi connectivity index (χ0) is 22.3. The first-order chi connectivity index (χ1) is 14.8. The lowest BCUT2D eigenvalue weighted by atomic mass is 9.98. The second-order valence-electron chi connectivity index (χ2n) is 8.61. The number of nitrogens with zero attached hydrogens (tertiary/aromatic N) is 2. The molecule has 1 aromatic carbocycles. The number of halogens is 2. The number of amides is 1. The highest BCUT2D eigenvalue weighted by Crippen LogP contribution is 2.62. The molecule has 0 spiro atoms. The maximum atomic E-state index is 13.7. The van der Waals surface area contributed by atoms with E-state index in [4.69, 9.17) is 0 Å². The van der Waals surface area contributed by atoms with Crippen LogP contribution < -0.4 is 5.32 Å². The molecule has 0 radical (unpaired) electrons. The van der Waals surface area contributed by atoms with E-state index >= 15 is 0 Å². The minimum absolute atomic E-state index is 0.0596. The van der Waals surface area contributed by atoms with Gasteiger partial charge in [0.15, 0.2) is 11.6 Å². The van der Waals surface area contributed by atoms with Crippen LogP contribution in [-0.2, 0) is 14.3 Å². The van der Waals surface area contributed by atoms with E-state index in [9.17, 15) is 18.4 Å². The molecule has 2 unspecified atom stereocenters. The van der Waals surface area contributed by atoms with E-state index in [0.29, 0.717) is 34.4 Å². The van der Waals surface area contributed by atoms with Gasteiger partial charge < -0.3 is 14.6 Å². The van der Waals surface area contributed by atoms with E-state index in [1.807, 2.05) is 11.5 Å². The third-order valence-electron chi connectivity index (χ3n) is 6.90. The topological polar surface area (TPSA) is 73.2 Å². The smallest absolute Gasteiger partial charge is 0.305 e. The number of benzene rings is 1. The Morgan fingerprint density at radius 1 is 1.26 bits per heavy atom. The minimum Gasteiger partial charge on any atom is -0.469 e. The first kappa shape index (κ1) is 21.5. The van der Waals surface area contributed by atoms with Gasteiger partial charge in [-0.2, -0.15) is 0 Å². The van der Waals surface area contributed by atoms with Crippen molar-refractivity contribution in [3.63, 3.8) is 0 Å². The van der Waals surface area contributed by atoms with Crippen LogP contribution in [0.2, 0.25) is 0 Å². The molecule has 2 fully saturated rings. The standard InChI is InChI=1S/C23H27F2N3O3/c1-4-18(27-23(30)12(2)5-6-21(29)31-3)22-14-7-13(8-15(14)22)28-11-26-19-9-16(24)17(25)10-20(19)28/h9-11,13-15,18,22H,2,4-8H2,1,3H3,(H,27,30)/t13?,14-,15+,18-,22?/m1/s1. The predicted molar refractivity (Wildman–Crippen MR) is 111 cm³/mol. The van der Waals surface area contributed by atoms with E-state index in [1.165, 1.54) is 13.2 Å². The summed E-state index contributed by atoms with van der Waals surface area (Å²) in [5.41, 5.74) is 1.45. The lowest BCUT2D eigenvalue weighted by molar-refractivity contribution is -0.140. The number of fused-ring (bicyclic) bond motifs is 2. The summed E-state index contributed by atoms with van der Waals surface area (Å²) < 4.78 is 33.7. The maximum Gasteiger partial charge on any atom is 0.305 e. The molecular weight excluding hydrogens is 404 g/mol. The number of carbonyl (C=O) groups excluding carboxylic acids is 2. The van der Waals surface area contributed by atoms with Crippen molar-refractivity contribution in [2.75, 3.05) is 7.11 Å². The largest absolute Gasteiger partial charge is 0.469 e. The molecule has 0 aliphatic heterocycles. The van der Waals surface area contributed by atoms with E-state index in [1.54, 1.807) is 6.33 Å². The van der Waals surface area contributed by atoms with Crippen molar-refractivity contribution in [3.8, 4) is 0 Å². The van der Waals surface area contributed by atoms with Crippen LogP contribution in [0, 0.1) is 29.4 Å². The molecule has 1 heterocycles. The summed E-state index contributed by atoms with van der Waals surface area (Å²) in [6.45, 7) is 5.85.